The molecule has 0 aliphatic heterocycles. The lowest BCUT2D eigenvalue weighted by Gasteiger charge is -2.19. The summed E-state index contributed by atoms with van der Waals surface area (Å²) in [4.78, 5) is 0. The van der Waals surface area contributed by atoms with Crippen molar-refractivity contribution >= 4 is 98.4 Å². The molecule has 0 aliphatic rings. The van der Waals surface area contributed by atoms with Gasteiger partial charge >= 0.3 is 18.9 Å². The van der Waals surface area contributed by atoms with Crippen LogP contribution in [0.3, 0.4) is 0 Å². The molecule has 0 saturated heterocycles. The molecule has 0 saturated carbocycles. The Balaban J connectivity index is -0.000000129. The molecule has 19 heteroatoms. The SMILES string of the molecule is C.C.C.F.O=P(Cl)(Cl)Cl.O=P(Cl)(Cl)OCc1ccccc1.O=P(NCCCl)(NCCCl)OCc1ccccc1.OCc1ccccc1.[HH]. The molecule has 3 rings (SSSR count). The maximum Gasteiger partial charge on any atom is 0.380 e. The van der Waals surface area contributed by atoms with E-state index in [4.69, 9.17) is 59.8 Å². The Morgan fingerprint density at radius 1 is 0.596 bits per heavy atom. The summed E-state index contributed by atoms with van der Waals surface area (Å²) in [6, 6.07) is 28.3. The van der Waals surface area contributed by atoms with Gasteiger partial charge in [-0.2, -0.15) is 0 Å². The number of hydrogen-bond donors (Lipinski definition) is 3. The van der Waals surface area contributed by atoms with Crippen molar-refractivity contribution in [2.75, 3.05) is 24.8 Å². The number of aliphatic hydroxyl groups is 1. The van der Waals surface area contributed by atoms with E-state index >= 15 is 0 Å². The van der Waals surface area contributed by atoms with Crippen LogP contribution in [-0.4, -0.2) is 30.0 Å². The number of rotatable bonds is 13. The van der Waals surface area contributed by atoms with Crippen molar-refractivity contribution in [2.45, 2.75) is 42.1 Å². The van der Waals surface area contributed by atoms with Gasteiger partial charge < -0.3 is 14.2 Å². The van der Waals surface area contributed by atoms with Gasteiger partial charge in [-0.25, -0.2) is 10.2 Å². The molecule has 3 aromatic carbocycles. The summed E-state index contributed by atoms with van der Waals surface area (Å²) in [5, 5.41) is 10.9. The average molecular weight is 868 g/mol. The first kappa shape index (κ1) is 56.5. The smallest absolute Gasteiger partial charge is 0.380 e. The van der Waals surface area contributed by atoms with Crippen molar-refractivity contribution in [1.29, 1.82) is 0 Å². The van der Waals surface area contributed by atoms with Gasteiger partial charge in [0.25, 0.3) is 0 Å². The van der Waals surface area contributed by atoms with Gasteiger partial charge in [0.05, 0.1) is 19.8 Å². The Kier molecular flexibility index (Phi) is 40.0. The molecular weight excluding hydrogens is 820 g/mol. The van der Waals surface area contributed by atoms with Crippen LogP contribution >= 0.6 is 98.4 Å². The average Bonchev–Trinajstić information content (AvgIpc) is 2.98. The molecule has 47 heavy (non-hydrogen) atoms. The number of benzene rings is 3. The third kappa shape index (κ3) is 38.8. The molecule has 0 atom stereocenters. The van der Waals surface area contributed by atoms with Crippen molar-refractivity contribution < 1.29 is 34.0 Å². The van der Waals surface area contributed by atoms with Gasteiger partial charge in [0.15, 0.2) is 0 Å². The van der Waals surface area contributed by atoms with Crippen LogP contribution in [-0.2, 0) is 42.6 Å². The lowest BCUT2D eigenvalue weighted by molar-refractivity contribution is 0.282. The van der Waals surface area contributed by atoms with Crippen molar-refractivity contribution in [3.63, 3.8) is 0 Å². The Morgan fingerprint density at radius 2 is 0.894 bits per heavy atom. The molecule has 0 radical (unpaired) electrons. The van der Waals surface area contributed by atoms with Crippen LogP contribution in [0.2, 0.25) is 0 Å². The maximum absolute atomic E-state index is 12.3. The highest BCUT2D eigenvalue weighted by Crippen LogP contribution is 2.61. The van der Waals surface area contributed by atoms with Crippen molar-refractivity contribution in [3.8, 4) is 0 Å². The zero-order valence-corrected chi connectivity index (χ0v) is 31.0. The zero-order valence-electron chi connectivity index (χ0n) is 23.0. The Bertz CT molecular complexity index is 1240. The van der Waals surface area contributed by atoms with E-state index in [2.05, 4.69) is 43.9 Å². The summed E-state index contributed by atoms with van der Waals surface area (Å²) in [5.74, 6) is 0.725. The van der Waals surface area contributed by atoms with E-state index in [-0.39, 0.29) is 48.2 Å². The van der Waals surface area contributed by atoms with Gasteiger partial charge in [0.1, 0.15) is 0 Å². The largest absolute Gasteiger partial charge is 0.392 e. The highest BCUT2D eigenvalue weighted by Gasteiger charge is 2.21. The van der Waals surface area contributed by atoms with Crippen molar-refractivity contribution in [3.05, 3.63) is 108 Å². The fourth-order valence-corrected chi connectivity index (χ4v) is 5.06. The van der Waals surface area contributed by atoms with E-state index < -0.39 is 18.9 Å². The van der Waals surface area contributed by atoms with Crippen LogP contribution in [0.25, 0.3) is 0 Å². The molecular formula is C28H47Cl7FN2O6P3. The number of alkyl halides is 2. The standard InChI is InChI=1S/C11H17Cl2N2O2P.C7H7Cl2O2P.C7H8O.3CH4.Cl3OP.FH.H2/c12-6-8-14-18(16,15-9-7-13)17-10-11-4-2-1-3-5-11;8-12(9,10)11-6-7-4-2-1-3-5-7;8-6-7-4-2-1-3-5-7;;;;1-5(2,3)4;;/h1-5H,6-10H2,(H2,14,15,16);1-5H,6H2;1-5,8H,6H2;3*1H4;;2*1H. The Hall–Kier alpha value is 0.110. The second kappa shape index (κ2) is 33.3. The molecule has 0 bridgehead atoms. The summed E-state index contributed by atoms with van der Waals surface area (Å²) in [6.45, 7) is 1.39. The van der Waals surface area contributed by atoms with Gasteiger partial charge in [-0.3, -0.25) is 18.4 Å². The number of aliphatic hydroxyl groups excluding tert-OH is 1. The lowest BCUT2D eigenvalue weighted by atomic mass is 10.2. The first-order valence-corrected chi connectivity index (χ1v) is 22.7. The van der Waals surface area contributed by atoms with E-state index in [1.54, 1.807) is 0 Å². The number of nitrogens with one attached hydrogen (secondary N) is 2. The van der Waals surface area contributed by atoms with Crippen LogP contribution in [0.15, 0.2) is 91.0 Å². The zero-order chi connectivity index (χ0) is 32.6. The molecule has 0 unspecified atom stereocenters. The van der Waals surface area contributed by atoms with Crippen LogP contribution in [0.4, 0.5) is 4.70 Å². The molecule has 276 valence electrons. The number of halogens is 8. The molecule has 0 spiro atoms. The van der Waals surface area contributed by atoms with Crippen LogP contribution in [0.1, 0.15) is 40.4 Å². The van der Waals surface area contributed by atoms with Gasteiger partial charge in [-0.05, 0) is 72.9 Å². The van der Waals surface area contributed by atoms with Crippen molar-refractivity contribution in [2.24, 2.45) is 0 Å². The van der Waals surface area contributed by atoms with Gasteiger partial charge in [0.2, 0.25) is 0 Å². The molecule has 3 aromatic rings. The first-order valence-electron chi connectivity index (χ1n) is 12.1. The monoisotopic (exact) mass is 864 g/mol. The molecule has 0 fully saturated rings. The van der Waals surface area contributed by atoms with Crippen molar-refractivity contribution in [1.82, 2.24) is 10.2 Å². The quantitative estimate of drug-likeness (QED) is 0.115. The fraction of sp³-hybridized carbons (Fsp3) is 0.357. The summed E-state index contributed by atoms with van der Waals surface area (Å²) in [6.07, 6.45) is -3.39. The normalized spacial score (nSPS) is 10.2. The third-order valence-corrected chi connectivity index (χ3v) is 7.50. The molecule has 0 aliphatic carbocycles. The van der Waals surface area contributed by atoms with Gasteiger partial charge in [0, 0.05) is 26.3 Å². The molecule has 8 nitrogen and oxygen atoms in total. The molecule has 0 amide bonds. The predicted molar refractivity (Wildman–Crippen MR) is 209 cm³/mol. The second-order valence-corrected chi connectivity index (χ2v) is 21.4. The topological polar surface area (TPSA) is 114 Å². The minimum Gasteiger partial charge on any atom is -0.392 e. The van der Waals surface area contributed by atoms with Crippen LogP contribution in [0, 0.1) is 0 Å². The summed E-state index contributed by atoms with van der Waals surface area (Å²) in [7, 11) is -3.09. The van der Waals surface area contributed by atoms with E-state index in [1.807, 2.05) is 91.0 Å². The lowest BCUT2D eigenvalue weighted by Crippen LogP contribution is -2.27. The summed E-state index contributed by atoms with van der Waals surface area (Å²) < 4.78 is 42.7. The van der Waals surface area contributed by atoms with E-state index in [1.165, 1.54) is 0 Å². The molecule has 0 aromatic heterocycles. The summed E-state index contributed by atoms with van der Waals surface area (Å²) >= 11 is 35.3. The first-order chi connectivity index (χ1) is 20.2. The minimum atomic E-state index is -3.39. The Morgan fingerprint density at radius 3 is 1.15 bits per heavy atom. The maximum atomic E-state index is 12.3. The summed E-state index contributed by atoms with van der Waals surface area (Å²) in [5.41, 5.74) is 2.81. The van der Waals surface area contributed by atoms with E-state index in [9.17, 15) is 13.7 Å². The minimum absolute atomic E-state index is 0. The highest BCUT2D eigenvalue weighted by atomic mass is 36.0. The van der Waals surface area contributed by atoms with Crippen LogP contribution < -0.4 is 10.2 Å². The van der Waals surface area contributed by atoms with Gasteiger partial charge in [-0.15, -0.1) is 23.2 Å². The Labute approximate surface area is 315 Å². The van der Waals surface area contributed by atoms with Gasteiger partial charge in [-0.1, -0.05) is 113 Å². The van der Waals surface area contributed by atoms with E-state index in [0.29, 0.717) is 24.8 Å². The molecule has 0 heterocycles. The third-order valence-electron chi connectivity index (χ3n) is 4.33. The molecule has 3 N–H and O–H groups in total. The number of hydrogen-bond acceptors (Lipinski definition) is 6. The predicted octanol–water partition coefficient (Wildman–Crippen LogP) is 13.1. The van der Waals surface area contributed by atoms with Crippen LogP contribution in [0.5, 0.6) is 0 Å². The fourth-order valence-electron chi connectivity index (χ4n) is 2.57. The van der Waals surface area contributed by atoms with E-state index in [0.717, 1.165) is 16.7 Å². The second-order valence-electron chi connectivity index (χ2n) is 7.72. The highest BCUT2D eigenvalue weighted by molar-refractivity contribution is 8.24.